The molecule has 0 N–H and O–H groups in total. The van der Waals surface area contributed by atoms with E-state index in [4.69, 9.17) is 4.99 Å². The van der Waals surface area contributed by atoms with Crippen molar-refractivity contribution >= 4 is 12.0 Å². The molecular formula is C21H27N3O. The van der Waals surface area contributed by atoms with Gasteiger partial charge in [-0.2, -0.15) is 0 Å². The van der Waals surface area contributed by atoms with Crippen molar-refractivity contribution in [3.63, 3.8) is 0 Å². The van der Waals surface area contributed by atoms with E-state index in [1.165, 1.54) is 18.6 Å². The Morgan fingerprint density at radius 2 is 2.08 bits per heavy atom. The van der Waals surface area contributed by atoms with E-state index >= 15 is 0 Å². The number of allylic oxidation sites excluding steroid dienone is 1. The van der Waals surface area contributed by atoms with Gasteiger partial charge in [-0.1, -0.05) is 25.1 Å². The number of carbonyl (C=O) groups is 1. The number of likely N-dealkylation sites (N-methyl/N-ethyl adjacent to an activating group) is 1. The molecule has 3 unspecified atom stereocenters. The highest BCUT2D eigenvalue weighted by Gasteiger charge is 2.45. The molecule has 1 aromatic carbocycles. The topological polar surface area (TPSA) is 35.9 Å². The third-order valence-corrected chi connectivity index (χ3v) is 5.88. The number of nitrogens with zero attached hydrogens (tertiary/aromatic N) is 3. The van der Waals surface area contributed by atoms with Crippen LogP contribution in [0, 0.1) is 17.8 Å². The monoisotopic (exact) mass is 337 g/mol. The number of benzene rings is 1. The first kappa shape index (κ1) is 16.5. The zero-order chi connectivity index (χ0) is 17.4. The molecule has 132 valence electrons. The van der Waals surface area contributed by atoms with Gasteiger partial charge in [0.05, 0.1) is 5.71 Å². The van der Waals surface area contributed by atoms with Gasteiger partial charge in [-0.15, -0.1) is 0 Å². The van der Waals surface area contributed by atoms with Gasteiger partial charge in [0, 0.05) is 31.1 Å². The maximum Gasteiger partial charge on any atom is 0.150 e. The Morgan fingerprint density at radius 1 is 1.20 bits per heavy atom. The van der Waals surface area contributed by atoms with Crippen molar-refractivity contribution in [2.75, 3.05) is 33.2 Å². The first-order chi connectivity index (χ1) is 12.2. The molecule has 4 rings (SSSR count). The van der Waals surface area contributed by atoms with E-state index in [1.807, 2.05) is 18.2 Å². The molecule has 0 spiro atoms. The van der Waals surface area contributed by atoms with Gasteiger partial charge in [-0.3, -0.25) is 4.79 Å². The number of aliphatic imine (C=N–C) groups is 1. The van der Waals surface area contributed by atoms with E-state index in [2.05, 4.69) is 35.9 Å². The van der Waals surface area contributed by atoms with Crippen molar-refractivity contribution in [2.24, 2.45) is 22.7 Å². The fraction of sp³-hybridized carbons (Fsp3) is 0.524. The van der Waals surface area contributed by atoms with Crippen LogP contribution in [-0.4, -0.2) is 55.0 Å². The van der Waals surface area contributed by atoms with E-state index < -0.39 is 0 Å². The zero-order valence-electron chi connectivity index (χ0n) is 15.2. The number of rotatable bonds is 3. The molecule has 0 radical (unpaired) electrons. The van der Waals surface area contributed by atoms with Gasteiger partial charge < -0.3 is 9.80 Å². The minimum absolute atomic E-state index is 0.542. The Hall–Kier alpha value is -1.94. The molecule has 3 atom stereocenters. The molecule has 0 amide bonds. The lowest BCUT2D eigenvalue weighted by Crippen LogP contribution is -2.28. The van der Waals surface area contributed by atoms with E-state index in [9.17, 15) is 4.79 Å². The number of aldehydes is 1. The van der Waals surface area contributed by atoms with Crippen molar-refractivity contribution in [2.45, 2.75) is 19.8 Å². The highest BCUT2D eigenvalue weighted by Crippen LogP contribution is 2.49. The Balaban J connectivity index is 1.67. The summed E-state index contributed by atoms with van der Waals surface area (Å²) < 4.78 is 0. The van der Waals surface area contributed by atoms with Crippen LogP contribution in [0.1, 0.15) is 35.7 Å². The second kappa shape index (κ2) is 6.75. The Kier molecular flexibility index (Phi) is 4.46. The van der Waals surface area contributed by atoms with Gasteiger partial charge >= 0.3 is 0 Å². The van der Waals surface area contributed by atoms with Crippen LogP contribution in [0.4, 0.5) is 0 Å². The van der Waals surface area contributed by atoms with Crippen molar-refractivity contribution < 1.29 is 4.79 Å². The second-order valence-electron chi connectivity index (χ2n) is 7.77. The van der Waals surface area contributed by atoms with E-state index in [-0.39, 0.29) is 0 Å². The van der Waals surface area contributed by atoms with E-state index in [0.29, 0.717) is 17.8 Å². The molecule has 1 aliphatic carbocycles. The van der Waals surface area contributed by atoms with Crippen LogP contribution < -0.4 is 0 Å². The number of carbonyl (C=O) groups excluding carboxylic acids is 1. The third-order valence-electron chi connectivity index (χ3n) is 5.88. The molecule has 4 heteroatoms. The molecular weight excluding hydrogens is 310 g/mol. The highest BCUT2D eigenvalue weighted by atomic mass is 16.1. The van der Waals surface area contributed by atoms with Crippen LogP contribution in [0.2, 0.25) is 0 Å². The molecule has 0 aromatic heterocycles. The maximum atomic E-state index is 11.2. The SMILES string of the molecule is CC1C=C(N2CCCN(C)CC2)N=C(c2cccc(C=O)c2)C2CC12. The maximum absolute atomic E-state index is 11.2. The van der Waals surface area contributed by atoms with Crippen molar-refractivity contribution in [1.29, 1.82) is 0 Å². The summed E-state index contributed by atoms with van der Waals surface area (Å²) in [6.07, 6.45) is 5.71. The summed E-state index contributed by atoms with van der Waals surface area (Å²) in [7, 11) is 2.20. The lowest BCUT2D eigenvalue weighted by atomic mass is 9.99. The quantitative estimate of drug-likeness (QED) is 0.796. The van der Waals surface area contributed by atoms with Crippen LogP contribution in [0.25, 0.3) is 0 Å². The average Bonchev–Trinajstić information content (AvgIpc) is 3.43. The summed E-state index contributed by atoms with van der Waals surface area (Å²) in [4.78, 5) is 21.2. The zero-order valence-corrected chi connectivity index (χ0v) is 15.2. The summed E-state index contributed by atoms with van der Waals surface area (Å²) in [5.74, 6) is 2.95. The lowest BCUT2D eigenvalue weighted by Gasteiger charge is -2.24. The van der Waals surface area contributed by atoms with Crippen molar-refractivity contribution in [3.05, 3.63) is 47.3 Å². The minimum atomic E-state index is 0.542. The molecule has 25 heavy (non-hydrogen) atoms. The molecule has 1 aromatic rings. The molecule has 1 saturated heterocycles. The Bertz CT molecular complexity index is 724. The largest absolute Gasteiger partial charge is 0.356 e. The summed E-state index contributed by atoms with van der Waals surface area (Å²) in [5, 5.41) is 0. The number of hydrogen-bond acceptors (Lipinski definition) is 4. The van der Waals surface area contributed by atoms with Gasteiger partial charge in [0.15, 0.2) is 0 Å². The summed E-state index contributed by atoms with van der Waals surface area (Å²) >= 11 is 0. The van der Waals surface area contributed by atoms with Gasteiger partial charge in [-0.05, 0) is 56.0 Å². The first-order valence-electron chi connectivity index (χ1n) is 9.45. The summed E-state index contributed by atoms with van der Waals surface area (Å²) in [6.45, 7) is 6.68. The Morgan fingerprint density at radius 3 is 2.92 bits per heavy atom. The van der Waals surface area contributed by atoms with Crippen LogP contribution in [0.3, 0.4) is 0 Å². The van der Waals surface area contributed by atoms with E-state index in [1.54, 1.807) is 0 Å². The minimum Gasteiger partial charge on any atom is -0.356 e. The predicted octanol–water partition coefficient (Wildman–Crippen LogP) is 3.05. The van der Waals surface area contributed by atoms with Gasteiger partial charge in [0.25, 0.3) is 0 Å². The molecule has 1 saturated carbocycles. The standard InChI is InChI=1S/C21H27N3O/c1-15-11-20(24-8-4-7-23(2)9-10-24)22-21(19-13-18(15)19)17-6-3-5-16(12-17)14-25/h3,5-6,11-12,14-15,18-19H,4,7-10,13H2,1-2H3. The normalized spacial score (nSPS) is 29.8. The predicted molar refractivity (Wildman–Crippen MR) is 101 cm³/mol. The number of fused-ring (bicyclic) bond motifs is 1. The molecule has 3 aliphatic rings. The van der Waals surface area contributed by atoms with Crippen molar-refractivity contribution in [3.8, 4) is 0 Å². The molecule has 2 aliphatic heterocycles. The first-order valence-corrected chi connectivity index (χ1v) is 9.45. The molecule has 2 fully saturated rings. The van der Waals surface area contributed by atoms with Gasteiger partial charge in [0.2, 0.25) is 0 Å². The fourth-order valence-electron chi connectivity index (χ4n) is 4.21. The van der Waals surface area contributed by atoms with E-state index in [0.717, 1.165) is 49.4 Å². The lowest BCUT2D eigenvalue weighted by molar-refractivity contribution is 0.112. The fourth-order valence-corrected chi connectivity index (χ4v) is 4.21. The summed E-state index contributed by atoms with van der Waals surface area (Å²) in [5.41, 5.74) is 3.03. The third kappa shape index (κ3) is 3.40. The smallest absolute Gasteiger partial charge is 0.150 e. The average molecular weight is 337 g/mol. The van der Waals surface area contributed by atoms with Crippen LogP contribution in [0.5, 0.6) is 0 Å². The summed E-state index contributed by atoms with van der Waals surface area (Å²) in [6, 6.07) is 7.93. The highest BCUT2D eigenvalue weighted by molar-refractivity contribution is 6.05. The Labute approximate surface area is 150 Å². The number of hydrogen-bond donors (Lipinski definition) is 0. The van der Waals surface area contributed by atoms with Crippen LogP contribution in [0.15, 0.2) is 41.2 Å². The van der Waals surface area contributed by atoms with Crippen LogP contribution in [-0.2, 0) is 0 Å². The molecule has 0 bridgehead atoms. The van der Waals surface area contributed by atoms with Crippen LogP contribution >= 0.6 is 0 Å². The molecule has 4 nitrogen and oxygen atoms in total. The second-order valence-corrected chi connectivity index (χ2v) is 7.77. The van der Waals surface area contributed by atoms with Crippen molar-refractivity contribution in [1.82, 2.24) is 9.80 Å². The van der Waals surface area contributed by atoms with Gasteiger partial charge in [0.1, 0.15) is 12.1 Å². The molecule has 2 heterocycles. The van der Waals surface area contributed by atoms with Gasteiger partial charge in [-0.25, -0.2) is 4.99 Å².